The van der Waals surface area contributed by atoms with Gasteiger partial charge in [0.15, 0.2) is 0 Å². The van der Waals surface area contributed by atoms with E-state index >= 15 is 0 Å². The largest absolute Gasteiger partial charge is 0.396 e. The number of hydrogen-bond donors (Lipinski definition) is 1. The number of nitrogens with zero attached hydrogens (tertiary/aromatic N) is 1. The van der Waals surface area contributed by atoms with Crippen LogP contribution in [-0.4, -0.2) is 13.4 Å². The van der Waals surface area contributed by atoms with Crippen LogP contribution in [0.5, 0.6) is 0 Å². The molecule has 0 aliphatic carbocycles. The minimum absolute atomic E-state index is 0.164. The van der Waals surface area contributed by atoms with Crippen LogP contribution in [0.3, 0.4) is 0 Å². The Hall–Kier alpha value is -1.92. The molecule has 1 aromatic carbocycles. The molecule has 0 amide bonds. The second kappa shape index (κ2) is 4.57. The molecule has 0 radical (unpaired) electrons. The summed E-state index contributed by atoms with van der Waals surface area (Å²) in [6.45, 7) is 1.86. The number of sulfone groups is 1. The van der Waals surface area contributed by atoms with Crippen molar-refractivity contribution in [3.05, 3.63) is 48.2 Å². The van der Waals surface area contributed by atoms with Crippen molar-refractivity contribution in [2.45, 2.75) is 16.0 Å². The van der Waals surface area contributed by atoms with Gasteiger partial charge in [-0.15, -0.1) is 11.3 Å². The highest BCUT2D eigenvalue weighted by molar-refractivity contribution is 7.93. The summed E-state index contributed by atoms with van der Waals surface area (Å²) in [5.74, 6) is 0. The maximum Gasteiger partial charge on any atom is 0.218 e. The standard InChI is InChI=1S/C14H12N2O2S2/c1-9-7-8-11-12(15)14(19-13(11)16-9)20(17,18)10-5-3-2-4-6-10/h2-8H,15H2,1H3. The molecule has 4 nitrogen and oxygen atoms in total. The third-order valence-corrected chi connectivity index (χ3v) is 6.42. The summed E-state index contributed by atoms with van der Waals surface area (Å²) < 4.78 is 25.4. The highest BCUT2D eigenvalue weighted by atomic mass is 32.2. The molecule has 3 aromatic rings. The summed E-state index contributed by atoms with van der Waals surface area (Å²) in [5, 5.41) is 0.690. The van der Waals surface area contributed by atoms with Crippen LogP contribution in [0.15, 0.2) is 51.6 Å². The zero-order valence-electron chi connectivity index (χ0n) is 10.7. The molecule has 0 aliphatic heterocycles. The first-order valence-electron chi connectivity index (χ1n) is 5.96. The number of aryl methyl sites for hydroxylation is 1. The first kappa shape index (κ1) is 13.1. The molecule has 6 heteroatoms. The molecular formula is C14H12N2O2S2. The summed E-state index contributed by atoms with van der Waals surface area (Å²) in [7, 11) is -3.59. The molecule has 3 rings (SSSR count). The Bertz CT molecular complexity index is 884. The monoisotopic (exact) mass is 304 g/mol. The van der Waals surface area contributed by atoms with Crippen molar-refractivity contribution >= 4 is 37.1 Å². The lowest BCUT2D eigenvalue weighted by molar-refractivity contribution is 0.598. The highest BCUT2D eigenvalue weighted by Gasteiger charge is 2.24. The van der Waals surface area contributed by atoms with E-state index in [1.807, 2.05) is 19.1 Å². The average Bonchev–Trinajstić information content (AvgIpc) is 2.77. The topological polar surface area (TPSA) is 73.1 Å². The molecule has 0 fully saturated rings. The van der Waals surface area contributed by atoms with Gasteiger partial charge in [0.2, 0.25) is 9.84 Å². The van der Waals surface area contributed by atoms with Crippen molar-refractivity contribution in [1.82, 2.24) is 4.98 Å². The maximum atomic E-state index is 12.6. The van der Waals surface area contributed by atoms with Crippen LogP contribution in [0.25, 0.3) is 10.2 Å². The predicted octanol–water partition coefficient (Wildman–Crippen LogP) is 3.02. The molecule has 102 valence electrons. The van der Waals surface area contributed by atoms with Gasteiger partial charge in [-0.2, -0.15) is 0 Å². The number of aromatic nitrogens is 1. The second-order valence-corrected chi connectivity index (χ2v) is 7.57. The van der Waals surface area contributed by atoms with Crippen LogP contribution < -0.4 is 5.73 Å². The lowest BCUT2D eigenvalue weighted by atomic mass is 10.3. The summed E-state index contributed by atoms with van der Waals surface area (Å²) in [6, 6.07) is 11.9. The van der Waals surface area contributed by atoms with E-state index in [0.29, 0.717) is 10.2 Å². The fraction of sp³-hybridized carbons (Fsp3) is 0.0714. The van der Waals surface area contributed by atoms with E-state index in [0.717, 1.165) is 17.0 Å². The zero-order chi connectivity index (χ0) is 14.3. The summed E-state index contributed by atoms with van der Waals surface area (Å²) >= 11 is 1.12. The van der Waals surface area contributed by atoms with E-state index in [4.69, 9.17) is 5.73 Å². The number of fused-ring (bicyclic) bond motifs is 1. The third kappa shape index (κ3) is 1.97. The number of rotatable bonds is 2. The van der Waals surface area contributed by atoms with E-state index in [2.05, 4.69) is 4.98 Å². The zero-order valence-corrected chi connectivity index (χ0v) is 12.3. The first-order chi connectivity index (χ1) is 9.50. The number of pyridine rings is 1. The van der Waals surface area contributed by atoms with E-state index in [-0.39, 0.29) is 14.8 Å². The average molecular weight is 304 g/mol. The van der Waals surface area contributed by atoms with Crippen LogP contribution >= 0.6 is 11.3 Å². The van der Waals surface area contributed by atoms with Crippen LogP contribution in [-0.2, 0) is 9.84 Å². The van der Waals surface area contributed by atoms with Gasteiger partial charge in [-0.1, -0.05) is 18.2 Å². The lowest BCUT2D eigenvalue weighted by Crippen LogP contribution is -2.02. The van der Waals surface area contributed by atoms with Crippen LogP contribution in [0.4, 0.5) is 5.69 Å². The summed E-state index contributed by atoms with van der Waals surface area (Å²) in [5.41, 5.74) is 7.12. The minimum atomic E-state index is -3.59. The molecule has 20 heavy (non-hydrogen) atoms. The third-order valence-electron chi connectivity index (χ3n) is 3.00. The fourth-order valence-electron chi connectivity index (χ4n) is 1.97. The van der Waals surface area contributed by atoms with Crippen molar-refractivity contribution in [3.63, 3.8) is 0 Å². The normalized spacial score (nSPS) is 11.8. The van der Waals surface area contributed by atoms with Gasteiger partial charge in [-0.3, -0.25) is 0 Å². The smallest absolute Gasteiger partial charge is 0.218 e. The number of benzene rings is 1. The number of nitrogen functional groups attached to an aromatic ring is 1. The Kier molecular flexibility index (Phi) is 2.99. The SMILES string of the molecule is Cc1ccc2c(N)c(S(=O)(=O)c3ccccc3)sc2n1. The Morgan fingerprint density at radius 2 is 1.80 bits per heavy atom. The van der Waals surface area contributed by atoms with Crippen LogP contribution in [0.1, 0.15) is 5.69 Å². The molecule has 2 aromatic heterocycles. The molecule has 0 atom stereocenters. The number of nitrogens with two attached hydrogens (primary N) is 1. The molecule has 0 aliphatic rings. The van der Waals surface area contributed by atoms with Crippen LogP contribution in [0, 0.1) is 6.92 Å². The number of hydrogen-bond acceptors (Lipinski definition) is 5. The molecule has 0 spiro atoms. The van der Waals surface area contributed by atoms with Gasteiger partial charge in [0, 0.05) is 11.1 Å². The van der Waals surface area contributed by atoms with E-state index in [1.54, 1.807) is 30.3 Å². The van der Waals surface area contributed by atoms with Gasteiger partial charge < -0.3 is 5.73 Å². The Morgan fingerprint density at radius 1 is 1.10 bits per heavy atom. The molecule has 0 saturated heterocycles. The fourth-order valence-corrected chi connectivity index (χ4v) is 4.94. The molecule has 0 bridgehead atoms. The molecule has 0 saturated carbocycles. The van der Waals surface area contributed by atoms with Gasteiger partial charge in [0.1, 0.15) is 9.04 Å². The molecule has 2 heterocycles. The Balaban J connectivity index is 2.27. The number of anilines is 1. The van der Waals surface area contributed by atoms with E-state index in [9.17, 15) is 8.42 Å². The summed E-state index contributed by atoms with van der Waals surface area (Å²) in [6.07, 6.45) is 0. The van der Waals surface area contributed by atoms with Crippen LogP contribution in [0.2, 0.25) is 0 Å². The summed E-state index contributed by atoms with van der Waals surface area (Å²) in [4.78, 5) is 5.23. The van der Waals surface area contributed by atoms with Gasteiger partial charge in [-0.05, 0) is 31.2 Å². The van der Waals surface area contributed by atoms with E-state index in [1.165, 1.54) is 0 Å². The number of thiophene rings is 1. The molecular weight excluding hydrogens is 292 g/mol. The van der Waals surface area contributed by atoms with Gasteiger partial charge >= 0.3 is 0 Å². The quantitative estimate of drug-likeness (QED) is 0.790. The Labute approximate surface area is 120 Å². The first-order valence-corrected chi connectivity index (χ1v) is 8.26. The molecule has 2 N–H and O–H groups in total. The van der Waals surface area contributed by atoms with Gasteiger partial charge in [-0.25, -0.2) is 13.4 Å². The molecule has 0 unspecified atom stereocenters. The van der Waals surface area contributed by atoms with Crippen molar-refractivity contribution in [2.24, 2.45) is 0 Å². The lowest BCUT2D eigenvalue weighted by Gasteiger charge is -2.02. The van der Waals surface area contributed by atoms with Crippen molar-refractivity contribution < 1.29 is 8.42 Å². The maximum absolute atomic E-state index is 12.6. The van der Waals surface area contributed by atoms with E-state index < -0.39 is 9.84 Å². The van der Waals surface area contributed by atoms with Crippen molar-refractivity contribution in [2.75, 3.05) is 5.73 Å². The predicted molar refractivity (Wildman–Crippen MR) is 80.7 cm³/mol. The second-order valence-electron chi connectivity index (χ2n) is 4.43. The van der Waals surface area contributed by atoms with Crippen molar-refractivity contribution in [1.29, 1.82) is 0 Å². The minimum Gasteiger partial charge on any atom is -0.396 e. The van der Waals surface area contributed by atoms with Crippen molar-refractivity contribution in [3.8, 4) is 0 Å². The Morgan fingerprint density at radius 3 is 2.50 bits per heavy atom. The van der Waals surface area contributed by atoms with Gasteiger partial charge in [0.05, 0.1) is 10.6 Å². The van der Waals surface area contributed by atoms with Gasteiger partial charge in [0.25, 0.3) is 0 Å². The highest BCUT2D eigenvalue weighted by Crippen LogP contribution is 2.38.